The Kier molecular flexibility index (Phi) is 4.06. The summed E-state index contributed by atoms with van der Waals surface area (Å²) in [5.74, 6) is 1.88. The van der Waals surface area contributed by atoms with E-state index in [2.05, 4.69) is 12.2 Å². The number of rotatable bonds is 3. The van der Waals surface area contributed by atoms with Gasteiger partial charge in [-0.2, -0.15) is 0 Å². The van der Waals surface area contributed by atoms with E-state index < -0.39 is 6.10 Å². The first-order valence-corrected chi connectivity index (χ1v) is 7.57. The average molecular weight is 298 g/mol. The molecule has 0 amide bonds. The van der Waals surface area contributed by atoms with Crippen LogP contribution in [0.25, 0.3) is 0 Å². The minimum atomic E-state index is -0.573. The van der Waals surface area contributed by atoms with Gasteiger partial charge in [0.15, 0.2) is 11.5 Å². The molecule has 1 saturated heterocycles. The minimum absolute atomic E-state index is 0.0742. The molecule has 110 valence electrons. The van der Waals surface area contributed by atoms with Gasteiger partial charge in [-0.3, -0.25) is 0 Å². The summed E-state index contributed by atoms with van der Waals surface area (Å²) < 4.78 is 10.7. The Morgan fingerprint density at radius 3 is 3.10 bits per heavy atom. The molecule has 2 aliphatic heterocycles. The molecular weight excluding hydrogens is 278 g/mol. The van der Waals surface area contributed by atoms with Gasteiger partial charge in [0.2, 0.25) is 6.79 Å². The largest absolute Gasteiger partial charge is 0.454 e. The molecule has 2 N–H and O–H groups in total. The van der Waals surface area contributed by atoms with Crippen LogP contribution in [0.3, 0.4) is 0 Å². The van der Waals surface area contributed by atoms with Gasteiger partial charge in [0, 0.05) is 6.04 Å². The molecule has 2 heterocycles. The zero-order valence-electron chi connectivity index (χ0n) is 11.6. The predicted molar refractivity (Wildman–Crippen MR) is 77.3 cm³/mol. The lowest BCUT2D eigenvalue weighted by molar-refractivity contribution is 0.0976. The SMILES string of the molecule is CCC1CCNC(C(O)c2cc(Cl)c3c(c2)OCO3)C1. The van der Waals surface area contributed by atoms with Crippen molar-refractivity contribution in [1.82, 2.24) is 5.32 Å². The average Bonchev–Trinajstić information content (AvgIpc) is 2.95. The maximum absolute atomic E-state index is 10.6. The van der Waals surface area contributed by atoms with Gasteiger partial charge in [-0.15, -0.1) is 0 Å². The molecule has 4 nitrogen and oxygen atoms in total. The van der Waals surface area contributed by atoms with Crippen LogP contribution in [-0.2, 0) is 0 Å². The summed E-state index contributed by atoms with van der Waals surface area (Å²) in [5.41, 5.74) is 0.786. The summed E-state index contributed by atoms with van der Waals surface area (Å²) in [7, 11) is 0. The Morgan fingerprint density at radius 1 is 1.45 bits per heavy atom. The van der Waals surface area contributed by atoms with Crippen LogP contribution in [0.2, 0.25) is 5.02 Å². The van der Waals surface area contributed by atoms with Gasteiger partial charge in [-0.25, -0.2) is 0 Å². The fraction of sp³-hybridized carbons (Fsp3) is 0.600. The van der Waals surface area contributed by atoms with Crippen LogP contribution in [0, 0.1) is 5.92 Å². The number of hydrogen-bond acceptors (Lipinski definition) is 4. The lowest BCUT2D eigenvalue weighted by atomic mass is 9.86. The second-order valence-electron chi connectivity index (χ2n) is 5.54. The van der Waals surface area contributed by atoms with Crippen LogP contribution in [0.1, 0.15) is 37.9 Å². The van der Waals surface area contributed by atoms with Gasteiger partial charge in [-0.1, -0.05) is 24.9 Å². The molecule has 20 heavy (non-hydrogen) atoms. The number of hydrogen-bond donors (Lipinski definition) is 2. The van der Waals surface area contributed by atoms with Crippen LogP contribution in [-0.4, -0.2) is 24.5 Å². The minimum Gasteiger partial charge on any atom is -0.454 e. The number of halogens is 1. The molecule has 0 spiro atoms. The quantitative estimate of drug-likeness (QED) is 0.901. The highest BCUT2D eigenvalue weighted by molar-refractivity contribution is 6.32. The predicted octanol–water partition coefficient (Wildman–Crippen LogP) is 2.88. The third-order valence-electron chi connectivity index (χ3n) is 4.30. The molecule has 0 saturated carbocycles. The molecule has 2 aliphatic rings. The number of nitrogens with one attached hydrogen (secondary N) is 1. The van der Waals surface area contributed by atoms with Crippen LogP contribution in [0.4, 0.5) is 0 Å². The van der Waals surface area contributed by atoms with Gasteiger partial charge >= 0.3 is 0 Å². The van der Waals surface area contributed by atoms with Crippen molar-refractivity contribution in [2.24, 2.45) is 5.92 Å². The second-order valence-corrected chi connectivity index (χ2v) is 5.95. The first-order valence-electron chi connectivity index (χ1n) is 7.19. The fourth-order valence-corrected chi connectivity index (χ4v) is 3.31. The highest BCUT2D eigenvalue weighted by atomic mass is 35.5. The van der Waals surface area contributed by atoms with Gasteiger partial charge in [0.25, 0.3) is 0 Å². The van der Waals surface area contributed by atoms with E-state index in [-0.39, 0.29) is 12.8 Å². The molecular formula is C15H20ClNO3. The van der Waals surface area contributed by atoms with Crippen LogP contribution in [0.15, 0.2) is 12.1 Å². The monoisotopic (exact) mass is 297 g/mol. The maximum Gasteiger partial charge on any atom is 0.231 e. The summed E-state index contributed by atoms with van der Waals surface area (Å²) in [6.45, 7) is 3.35. The second kappa shape index (κ2) is 5.80. The van der Waals surface area contributed by atoms with E-state index in [4.69, 9.17) is 21.1 Å². The normalized spacial score (nSPS) is 26.6. The molecule has 0 aliphatic carbocycles. The van der Waals surface area contributed by atoms with Crippen molar-refractivity contribution in [2.45, 2.75) is 38.3 Å². The summed E-state index contributed by atoms with van der Waals surface area (Å²) in [5, 5.41) is 14.5. The van der Waals surface area contributed by atoms with E-state index in [0.717, 1.165) is 24.9 Å². The number of aliphatic hydroxyl groups excluding tert-OH is 1. The van der Waals surface area contributed by atoms with Gasteiger partial charge in [0.1, 0.15) is 0 Å². The van der Waals surface area contributed by atoms with E-state index >= 15 is 0 Å². The summed E-state index contributed by atoms with van der Waals surface area (Å²) in [6, 6.07) is 3.68. The lowest BCUT2D eigenvalue weighted by Gasteiger charge is -2.33. The van der Waals surface area contributed by atoms with Crippen molar-refractivity contribution in [3.8, 4) is 11.5 Å². The molecule has 1 aromatic carbocycles. The lowest BCUT2D eigenvalue weighted by Crippen LogP contribution is -2.42. The standard InChI is InChI=1S/C15H20ClNO3/c1-2-9-3-4-17-12(5-9)14(18)10-6-11(16)15-13(7-10)19-8-20-15/h6-7,9,12,14,17-18H,2-5,8H2,1H3. The maximum atomic E-state index is 10.6. The Morgan fingerprint density at radius 2 is 2.30 bits per heavy atom. The molecule has 3 atom stereocenters. The van der Waals surface area contributed by atoms with Crippen LogP contribution < -0.4 is 14.8 Å². The molecule has 0 aromatic heterocycles. The molecule has 0 radical (unpaired) electrons. The Labute approximate surface area is 124 Å². The Bertz CT molecular complexity index is 494. The van der Waals surface area contributed by atoms with Crippen LogP contribution in [0.5, 0.6) is 11.5 Å². The van der Waals surface area contributed by atoms with E-state index in [1.807, 2.05) is 6.07 Å². The highest BCUT2D eigenvalue weighted by Crippen LogP contribution is 2.42. The van der Waals surface area contributed by atoms with Crippen LogP contribution >= 0.6 is 11.6 Å². The zero-order valence-corrected chi connectivity index (χ0v) is 12.3. The summed E-state index contributed by atoms with van der Waals surface area (Å²) in [4.78, 5) is 0. The third-order valence-corrected chi connectivity index (χ3v) is 4.58. The molecule has 3 unspecified atom stereocenters. The molecule has 5 heteroatoms. The van der Waals surface area contributed by atoms with Gasteiger partial charge < -0.3 is 19.9 Å². The third kappa shape index (κ3) is 2.60. The highest BCUT2D eigenvalue weighted by Gasteiger charge is 2.29. The van der Waals surface area contributed by atoms with E-state index in [0.29, 0.717) is 22.4 Å². The van der Waals surface area contributed by atoms with Crippen molar-refractivity contribution in [1.29, 1.82) is 0 Å². The summed E-state index contributed by atoms with van der Waals surface area (Å²) >= 11 is 6.18. The Balaban J connectivity index is 1.80. The van der Waals surface area contributed by atoms with Crippen molar-refractivity contribution in [2.75, 3.05) is 13.3 Å². The zero-order chi connectivity index (χ0) is 14.1. The van der Waals surface area contributed by atoms with Crippen molar-refractivity contribution in [3.63, 3.8) is 0 Å². The molecule has 3 rings (SSSR count). The number of benzene rings is 1. The van der Waals surface area contributed by atoms with Gasteiger partial charge in [0.05, 0.1) is 11.1 Å². The van der Waals surface area contributed by atoms with Crippen molar-refractivity contribution in [3.05, 3.63) is 22.7 Å². The first kappa shape index (κ1) is 14.0. The Hall–Kier alpha value is -0.970. The number of fused-ring (bicyclic) bond motifs is 1. The van der Waals surface area contributed by atoms with Gasteiger partial charge in [-0.05, 0) is 43.0 Å². The smallest absolute Gasteiger partial charge is 0.231 e. The molecule has 1 aromatic rings. The fourth-order valence-electron chi connectivity index (χ4n) is 3.03. The number of ether oxygens (including phenoxy) is 2. The molecule has 1 fully saturated rings. The summed E-state index contributed by atoms with van der Waals surface area (Å²) in [6.07, 6.45) is 2.76. The topological polar surface area (TPSA) is 50.7 Å². The van der Waals surface area contributed by atoms with E-state index in [9.17, 15) is 5.11 Å². The molecule has 0 bridgehead atoms. The van der Waals surface area contributed by atoms with Crippen molar-refractivity contribution < 1.29 is 14.6 Å². The first-order chi connectivity index (χ1) is 9.69. The van der Waals surface area contributed by atoms with E-state index in [1.54, 1.807) is 6.07 Å². The van der Waals surface area contributed by atoms with Crippen molar-refractivity contribution >= 4 is 11.6 Å². The van der Waals surface area contributed by atoms with E-state index in [1.165, 1.54) is 6.42 Å². The number of piperidine rings is 1. The number of aliphatic hydroxyl groups is 1.